The average Bonchev–Trinajstić information content (AvgIpc) is 3.42. The Bertz CT molecular complexity index is 1590. The maximum absolute atomic E-state index is 12.9. The fourth-order valence-electron chi connectivity index (χ4n) is 8.51. The lowest BCUT2D eigenvalue weighted by atomic mass is 10.1. The van der Waals surface area contributed by atoms with E-state index in [1.54, 1.807) is 0 Å². The molecule has 0 spiro atoms. The highest BCUT2D eigenvalue weighted by molar-refractivity contribution is 5.71. The van der Waals surface area contributed by atoms with Gasteiger partial charge in [0.05, 0.1) is 0 Å². The summed E-state index contributed by atoms with van der Waals surface area (Å²) in [5.41, 5.74) is 0. The van der Waals surface area contributed by atoms with Crippen molar-refractivity contribution in [1.29, 1.82) is 0 Å². The van der Waals surface area contributed by atoms with Crippen LogP contribution in [0, 0.1) is 0 Å². The second-order valence-corrected chi connectivity index (χ2v) is 20.5. The van der Waals surface area contributed by atoms with Crippen LogP contribution >= 0.6 is 0 Å². The quantitative estimate of drug-likeness (QED) is 0.0261. The van der Waals surface area contributed by atoms with E-state index in [-0.39, 0.29) is 31.1 Å². The van der Waals surface area contributed by atoms with Crippen molar-refractivity contribution in [1.82, 2.24) is 0 Å². The van der Waals surface area contributed by atoms with Gasteiger partial charge in [-0.25, -0.2) is 0 Å². The van der Waals surface area contributed by atoms with Crippen molar-refractivity contribution < 1.29 is 28.6 Å². The van der Waals surface area contributed by atoms with E-state index >= 15 is 0 Å². The van der Waals surface area contributed by atoms with Crippen molar-refractivity contribution in [2.75, 3.05) is 13.2 Å². The topological polar surface area (TPSA) is 78.9 Å². The van der Waals surface area contributed by atoms with E-state index < -0.39 is 6.10 Å². The average molecular weight is 1050 g/mol. The summed E-state index contributed by atoms with van der Waals surface area (Å²) in [6.07, 6.45) is 87.6. The molecule has 6 nitrogen and oxygen atoms in total. The Balaban J connectivity index is 4.45. The van der Waals surface area contributed by atoms with Gasteiger partial charge in [-0.05, 0) is 128 Å². The van der Waals surface area contributed by atoms with Gasteiger partial charge in [0.1, 0.15) is 13.2 Å². The van der Waals surface area contributed by atoms with E-state index in [0.717, 1.165) is 141 Å². The van der Waals surface area contributed by atoms with E-state index in [1.807, 2.05) is 0 Å². The largest absolute Gasteiger partial charge is 0.462 e. The highest BCUT2D eigenvalue weighted by Crippen LogP contribution is 2.15. The monoisotopic (exact) mass is 1050 g/mol. The molecular weight excluding hydrogens is 937 g/mol. The summed E-state index contributed by atoms with van der Waals surface area (Å²) >= 11 is 0. The van der Waals surface area contributed by atoms with Gasteiger partial charge in [0.25, 0.3) is 0 Å². The highest BCUT2D eigenvalue weighted by Gasteiger charge is 2.19. The predicted molar refractivity (Wildman–Crippen MR) is 330 cm³/mol. The summed E-state index contributed by atoms with van der Waals surface area (Å²) in [4.78, 5) is 38.4. The molecule has 0 aliphatic rings. The second kappa shape index (κ2) is 63.3. The maximum Gasteiger partial charge on any atom is 0.306 e. The Kier molecular flexibility index (Phi) is 59.9. The Morgan fingerprint density at radius 2 is 0.513 bits per heavy atom. The fraction of sp³-hybridized carbons (Fsp3) is 0.671. The second-order valence-electron chi connectivity index (χ2n) is 20.5. The molecule has 0 aromatic heterocycles. The van der Waals surface area contributed by atoms with Crippen molar-refractivity contribution in [2.24, 2.45) is 0 Å². The molecule has 432 valence electrons. The summed E-state index contributed by atoms with van der Waals surface area (Å²) in [5.74, 6) is -0.918. The molecule has 0 aliphatic carbocycles. The number of ether oxygens (including phenoxy) is 3. The third-order valence-corrected chi connectivity index (χ3v) is 13.2. The number of hydrogen-bond acceptors (Lipinski definition) is 6. The Labute approximate surface area is 469 Å². The first-order valence-electron chi connectivity index (χ1n) is 31.5. The van der Waals surface area contributed by atoms with Crippen molar-refractivity contribution in [2.45, 2.75) is 290 Å². The zero-order chi connectivity index (χ0) is 55.0. The Hall–Kier alpha value is -4.19. The van der Waals surface area contributed by atoms with Crippen LogP contribution in [0.1, 0.15) is 284 Å². The minimum absolute atomic E-state index is 0.0929. The molecule has 6 heteroatoms. The summed E-state index contributed by atoms with van der Waals surface area (Å²) in [7, 11) is 0. The number of allylic oxidation sites excluding steroid dienone is 20. The molecule has 76 heavy (non-hydrogen) atoms. The first kappa shape index (κ1) is 71.8. The predicted octanol–water partition coefficient (Wildman–Crippen LogP) is 21.6. The lowest BCUT2D eigenvalue weighted by Crippen LogP contribution is -2.30. The van der Waals surface area contributed by atoms with Crippen molar-refractivity contribution >= 4 is 17.9 Å². The van der Waals surface area contributed by atoms with Crippen LogP contribution in [-0.4, -0.2) is 37.2 Å². The molecule has 0 aromatic rings. The van der Waals surface area contributed by atoms with Gasteiger partial charge < -0.3 is 14.2 Å². The van der Waals surface area contributed by atoms with Crippen LogP contribution in [0.4, 0.5) is 0 Å². The van der Waals surface area contributed by atoms with Gasteiger partial charge in [-0.3, -0.25) is 14.4 Å². The van der Waals surface area contributed by atoms with Gasteiger partial charge in [-0.2, -0.15) is 0 Å². The third-order valence-electron chi connectivity index (χ3n) is 13.2. The number of carbonyl (C=O) groups is 3. The lowest BCUT2D eigenvalue weighted by Gasteiger charge is -2.18. The standard InChI is InChI=1S/C70H116O6/c1-4-7-10-13-16-19-22-25-28-31-34-35-37-39-42-45-48-51-54-57-60-63-69(72)75-66-67(65-74-68(71)62-59-56-53-50-47-44-41-38-33-30-27-24-21-18-15-12-9-6-3)76-70(73)64-61-58-55-52-49-46-43-40-36-32-29-26-23-20-17-14-11-8-5-2/h7-8,10-11,16-17,19-21,24-26,28-30,33-36,40,67H,4-6,9,12-15,18,22-23,27,31-32,37-39,41-66H2,1-3H3/b10-7-,11-8-,19-16-,20-17-,24-21-,28-25-,29-26-,33-30-,35-34-,40-36-. The molecule has 0 amide bonds. The number of esters is 3. The molecule has 0 rings (SSSR count). The van der Waals surface area contributed by atoms with Crippen molar-refractivity contribution in [3.63, 3.8) is 0 Å². The molecule has 0 N–H and O–H groups in total. The summed E-state index contributed by atoms with van der Waals surface area (Å²) in [6.45, 7) is 6.39. The summed E-state index contributed by atoms with van der Waals surface area (Å²) in [6, 6.07) is 0. The summed E-state index contributed by atoms with van der Waals surface area (Å²) < 4.78 is 16.9. The van der Waals surface area contributed by atoms with E-state index in [0.29, 0.717) is 19.3 Å². The minimum Gasteiger partial charge on any atom is -0.462 e. The molecule has 0 saturated heterocycles. The van der Waals surface area contributed by atoms with Crippen LogP contribution in [0.2, 0.25) is 0 Å². The Morgan fingerprint density at radius 3 is 0.803 bits per heavy atom. The molecule has 0 fully saturated rings. The molecule has 0 saturated carbocycles. The van der Waals surface area contributed by atoms with Gasteiger partial charge in [-0.15, -0.1) is 0 Å². The van der Waals surface area contributed by atoms with Crippen molar-refractivity contribution in [3.8, 4) is 0 Å². The van der Waals surface area contributed by atoms with Crippen LogP contribution in [0.15, 0.2) is 122 Å². The molecule has 1 atom stereocenters. The first-order valence-corrected chi connectivity index (χ1v) is 31.5. The third kappa shape index (κ3) is 60.7. The van der Waals surface area contributed by atoms with E-state index in [2.05, 4.69) is 142 Å². The molecule has 1 unspecified atom stereocenters. The lowest BCUT2D eigenvalue weighted by molar-refractivity contribution is -0.167. The van der Waals surface area contributed by atoms with Gasteiger partial charge >= 0.3 is 17.9 Å². The van der Waals surface area contributed by atoms with E-state index in [4.69, 9.17) is 14.2 Å². The van der Waals surface area contributed by atoms with Crippen LogP contribution in [-0.2, 0) is 28.6 Å². The molecule has 0 heterocycles. The number of rotatable bonds is 56. The van der Waals surface area contributed by atoms with Crippen molar-refractivity contribution in [3.05, 3.63) is 122 Å². The normalized spacial score (nSPS) is 12.9. The smallest absolute Gasteiger partial charge is 0.306 e. The first-order chi connectivity index (χ1) is 37.5. The fourth-order valence-corrected chi connectivity index (χ4v) is 8.51. The molecule has 0 aliphatic heterocycles. The van der Waals surface area contributed by atoms with Crippen LogP contribution in [0.25, 0.3) is 0 Å². The van der Waals surface area contributed by atoms with E-state index in [9.17, 15) is 14.4 Å². The zero-order valence-electron chi connectivity index (χ0n) is 49.5. The van der Waals surface area contributed by atoms with Crippen LogP contribution < -0.4 is 0 Å². The number of hydrogen-bond donors (Lipinski definition) is 0. The summed E-state index contributed by atoms with van der Waals surface area (Å²) in [5, 5.41) is 0. The SMILES string of the molecule is CC/C=C\C/C=C\C/C=C\C/C=C\CCCCCCCCCCC(=O)OCC(COC(=O)CCCCCCCCC/C=C\C/C=C\CCCCCC)OC(=O)CCCCCCCC/C=C\C/C=C\C/C=C\C/C=C\CC. The zero-order valence-corrected chi connectivity index (χ0v) is 49.5. The van der Waals surface area contributed by atoms with Gasteiger partial charge in [-0.1, -0.05) is 258 Å². The number of carbonyl (C=O) groups excluding carboxylic acids is 3. The van der Waals surface area contributed by atoms with Crippen LogP contribution in [0.5, 0.6) is 0 Å². The van der Waals surface area contributed by atoms with Crippen LogP contribution in [0.3, 0.4) is 0 Å². The van der Waals surface area contributed by atoms with Gasteiger partial charge in [0.2, 0.25) is 0 Å². The van der Waals surface area contributed by atoms with Gasteiger partial charge in [0, 0.05) is 19.3 Å². The molecular formula is C70H116O6. The Morgan fingerprint density at radius 1 is 0.276 bits per heavy atom. The molecule has 0 bridgehead atoms. The van der Waals surface area contributed by atoms with Gasteiger partial charge in [0.15, 0.2) is 6.10 Å². The van der Waals surface area contributed by atoms with E-state index in [1.165, 1.54) is 103 Å². The molecule has 0 radical (unpaired) electrons. The molecule has 0 aromatic carbocycles. The number of unbranched alkanes of at least 4 members (excludes halogenated alkanes) is 25. The minimum atomic E-state index is -0.798. The maximum atomic E-state index is 12.9. The highest BCUT2D eigenvalue weighted by atomic mass is 16.6.